The Hall–Kier alpha value is -2.74. The van der Waals surface area contributed by atoms with Crippen molar-refractivity contribution in [3.8, 4) is 0 Å². The maximum atomic E-state index is 13.3. The zero-order valence-electron chi connectivity index (χ0n) is 13.7. The minimum absolute atomic E-state index is 0.0436. The molecule has 1 aliphatic rings. The normalized spacial score (nSPS) is 12.6. The number of aromatic nitrogens is 1. The third kappa shape index (κ3) is 2.96. The summed E-state index contributed by atoms with van der Waals surface area (Å²) in [6.07, 6.45) is 1.19. The molecule has 0 radical (unpaired) electrons. The Balaban J connectivity index is 2.00. The van der Waals surface area contributed by atoms with Crippen molar-refractivity contribution in [3.05, 3.63) is 51.8 Å². The van der Waals surface area contributed by atoms with Crippen LogP contribution in [0.25, 0.3) is 0 Å². The van der Waals surface area contributed by atoms with Gasteiger partial charge >= 0.3 is 0 Å². The average molecular weight is 382 g/mol. The Kier molecular flexibility index (Phi) is 4.78. The monoisotopic (exact) mass is 381 g/mol. The van der Waals surface area contributed by atoms with Crippen LogP contribution in [0, 0.1) is 11.6 Å². The summed E-state index contributed by atoms with van der Waals surface area (Å²) in [4.78, 5) is 36.6. The Bertz CT molecular complexity index is 940. The fourth-order valence-electron chi connectivity index (χ4n) is 2.99. The van der Waals surface area contributed by atoms with Crippen LogP contribution >= 0.6 is 11.6 Å². The molecule has 136 valence electrons. The summed E-state index contributed by atoms with van der Waals surface area (Å²) in [7, 11) is 1.32. The predicted octanol–water partition coefficient (Wildman–Crippen LogP) is 2.55. The summed E-state index contributed by atoms with van der Waals surface area (Å²) in [6, 6.07) is 2.93. The van der Waals surface area contributed by atoms with E-state index in [-0.39, 0.29) is 22.0 Å². The Morgan fingerprint density at radius 2 is 1.92 bits per heavy atom. The van der Waals surface area contributed by atoms with Crippen LogP contribution in [0.15, 0.2) is 18.2 Å². The summed E-state index contributed by atoms with van der Waals surface area (Å²) in [5.74, 6) is -4.49. The van der Waals surface area contributed by atoms with E-state index in [4.69, 9.17) is 11.6 Å². The van der Waals surface area contributed by atoms with Crippen LogP contribution in [0.4, 0.5) is 14.5 Å². The second kappa shape index (κ2) is 6.87. The molecule has 26 heavy (non-hydrogen) atoms. The molecular weight excluding hydrogens is 368 g/mol. The van der Waals surface area contributed by atoms with Crippen LogP contribution < -0.4 is 10.6 Å². The van der Waals surface area contributed by atoms with Crippen LogP contribution in [0.2, 0.25) is 5.02 Å². The number of hydrogen-bond donors (Lipinski definition) is 2. The Morgan fingerprint density at radius 1 is 1.19 bits per heavy atom. The highest BCUT2D eigenvalue weighted by molar-refractivity contribution is 6.48. The lowest BCUT2D eigenvalue weighted by Gasteiger charge is -2.06. The summed E-state index contributed by atoms with van der Waals surface area (Å²) in [6.45, 7) is 0.450. The van der Waals surface area contributed by atoms with Crippen LogP contribution in [0.5, 0.6) is 0 Å². The van der Waals surface area contributed by atoms with Gasteiger partial charge in [-0.25, -0.2) is 8.78 Å². The fourth-order valence-corrected chi connectivity index (χ4v) is 3.37. The zero-order valence-corrected chi connectivity index (χ0v) is 14.4. The van der Waals surface area contributed by atoms with E-state index in [0.29, 0.717) is 25.1 Å². The number of nitrogens with zero attached hydrogens (tertiary/aromatic N) is 1. The molecule has 0 saturated heterocycles. The van der Waals surface area contributed by atoms with Gasteiger partial charge < -0.3 is 15.2 Å². The number of hydrogen-bond acceptors (Lipinski definition) is 3. The first-order valence-electron chi connectivity index (χ1n) is 7.78. The quantitative estimate of drug-likeness (QED) is 0.631. The summed E-state index contributed by atoms with van der Waals surface area (Å²) >= 11 is 6.24. The second-order valence-corrected chi connectivity index (χ2v) is 6.11. The van der Waals surface area contributed by atoms with E-state index in [9.17, 15) is 23.2 Å². The van der Waals surface area contributed by atoms with Crippen LogP contribution in [-0.4, -0.2) is 29.2 Å². The van der Waals surface area contributed by atoms with E-state index >= 15 is 0 Å². The highest BCUT2D eigenvalue weighted by atomic mass is 35.5. The molecule has 2 N–H and O–H groups in total. The molecule has 0 aliphatic carbocycles. The minimum Gasteiger partial charge on any atom is -0.352 e. The maximum absolute atomic E-state index is 13.3. The van der Waals surface area contributed by atoms with Gasteiger partial charge in [0.05, 0.1) is 10.6 Å². The maximum Gasteiger partial charge on any atom is 0.293 e. The standard InChI is InChI=1S/C17H14ClF2N3O3/c1-21-17(26)15(24)14-13(18)12(11-3-2-6-23(11)14)16(25)22-8-4-5-9(19)10(20)7-8/h4-5,7H,2-3,6H2,1H3,(H,21,26)(H,22,25). The highest BCUT2D eigenvalue weighted by Gasteiger charge is 2.34. The van der Waals surface area contributed by atoms with Crippen molar-refractivity contribution >= 4 is 34.9 Å². The van der Waals surface area contributed by atoms with Gasteiger partial charge in [0.1, 0.15) is 5.69 Å². The lowest BCUT2D eigenvalue weighted by Crippen LogP contribution is -2.29. The zero-order chi connectivity index (χ0) is 19.0. The van der Waals surface area contributed by atoms with Gasteiger partial charge in [-0.3, -0.25) is 14.4 Å². The summed E-state index contributed by atoms with van der Waals surface area (Å²) < 4.78 is 27.9. The van der Waals surface area contributed by atoms with E-state index in [1.165, 1.54) is 13.1 Å². The highest BCUT2D eigenvalue weighted by Crippen LogP contribution is 2.34. The van der Waals surface area contributed by atoms with Crippen LogP contribution in [0.3, 0.4) is 0 Å². The van der Waals surface area contributed by atoms with Gasteiger partial charge in [-0.2, -0.15) is 0 Å². The molecule has 2 amide bonds. The minimum atomic E-state index is -1.11. The van der Waals surface area contributed by atoms with Gasteiger partial charge in [0.2, 0.25) is 0 Å². The molecule has 0 spiro atoms. The van der Waals surface area contributed by atoms with E-state index in [2.05, 4.69) is 10.6 Å². The predicted molar refractivity (Wildman–Crippen MR) is 90.5 cm³/mol. The molecule has 6 nitrogen and oxygen atoms in total. The number of nitrogens with one attached hydrogen (secondary N) is 2. The van der Waals surface area contributed by atoms with Gasteiger partial charge in [-0.15, -0.1) is 0 Å². The van der Waals surface area contributed by atoms with Gasteiger partial charge in [0.15, 0.2) is 11.6 Å². The van der Waals surface area contributed by atoms with Crippen molar-refractivity contribution in [2.75, 3.05) is 12.4 Å². The van der Waals surface area contributed by atoms with Gasteiger partial charge in [0.25, 0.3) is 17.6 Å². The molecule has 9 heteroatoms. The van der Waals surface area contributed by atoms with Crippen LogP contribution in [-0.2, 0) is 17.8 Å². The van der Waals surface area contributed by atoms with Gasteiger partial charge in [0, 0.05) is 31.0 Å². The number of amides is 2. The summed E-state index contributed by atoms with van der Waals surface area (Å²) in [5, 5.41) is 4.54. The van der Waals surface area contributed by atoms with Crippen molar-refractivity contribution in [1.29, 1.82) is 0 Å². The van der Waals surface area contributed by atoms with Crippen LogP contribution in [0.1, 0.15) is 33.0 Å². The Labute approximate surface area is 152 Å². The number of benzene rings is 1. The molecule has 3 rings (SSSR count). The molecule has 0 atom stereocenters. The molecular formula is C17H14ClF2N3O3. The first-order chi connectivity index (χ1) is 12.3. The van der Waals surface area contributed by atoms with Gasteiger partial charge in [-0.05, 0) is 25.0 Å². The van der Waals surface area contributed by atoms with Crippen molar-refractivity contribution in [2.24, 2.45) is 0 Å². The second-order valence-electron chi connectivity index (χ2n) is 5.73. The molecule has 0 unspecified atom stereocenters. The van der Waals surface area contributed by atoms with E-state index in [0.717, 1.165) is 12.1 Å². The molecule has 2 heterocycles. The number of carbonyl (C=O) groups is 3. The van der Waals surface area contributed by atoms with E-state index in [1.54, 1.807) is 4.57 Å². The number of likely N-dealkylation sites (N-methyl/N-ethyl adjacent to an activating group) is 1. The first kappa shape index (κ1) is 18.1. The third-order valence-electron chi connectivity index (χ3n) is 4.16. The van der Waals surface area contributed by atoms with E-state index < -0.39 is 29.2 Å². The number of carbonyl (C=O) groups excluding carboxylic acids is 3. The number of rotatable bonds is 4. The summed E-state index contributed by atoms with van der Waals surface area (Å²) in [5.41, 5.74) is 0.583. The van der Waals surface area contributed by atoms with Gasteiger partial charge in [-0.1, -0.05) is 11.6 Å². The third-order valence-corrected chi connectivity index (χ3v) is 4.53. The number of anilines is 1. The lowest BCUT2D eigenvalue weighted by atomic mass is 10.1. The van der Waals surface area contributed by atoms with Crippen molar-refractivity contribution in [3.63, 3.8) is 0 Å². The molecule has 0 saturated carbocycles. The molecule has 0 bridgehead atoms. The van der Waals surface area contributed by atoms with Crippen molar-refractivity contribution in [1.82, 2.24) is 9.88 Å². The average Bonchev–Trinajstić information content (AvgIpc) is 3.16. The SMILES string of the molecule is CNC(=O)C(=O)c1c(Cl)c(C(=O)Nc2ccc(F)c(F)c2)c2n1CCC2. The molecule has 0 fully saturated rings. The number of Topliss-reactive ketones (excluding diaryl/α,β-unsaturated/α-hetero) is 1. The number of ketones is 1. The van der Waals surface area contributed by atoms with Crippen molar-refractivity contribution in [2.45, 2.75) is 19.4 Å². The Morgan fingerprint density at radius 3 is 2.58 bits per heavy atom. The molecule has 1 aromatic heterocycles. The lowest BCUT2D eigenvalue weighted by molar-refractivity contribution is -0.116. The number of halogens is 3. The van der Waals surface area contributed by atoms with Crippen molar-refractivity contribution < 1.29 is 23.2 Å². The molecule has 1 aromatic carbocycles. The topological polar surface area (TPSA) is 80.2 Å². The molecule has 2 aromatic rings. The smallest absolute Gasteiger partial charge is 0.293 e. The first-order valence-corrected chi connectivity index (χ1v) is 8.16. The fraction of sp³-hybridized carbons (Fsp3) is 0.235. The molecule has 1 aliphatic heterocycles. The number of fused-ring (bicyclic) bond motifs is 1. The largest absolute Gasteiger partial charge is 0.352 e. The van der Waals surface area contributed by atoms with E-state index in [1.807, 2.05) is 0 Å².